The summed E-state index contributed by atoms with van der Waals surface area (Å²) in [5.74, 6) is 0. The number of anilines is 1. The lowest BCUT2D eigenvalue weighted by molar-refractivity contribution is 0.123. The lowest BCUT2D eigenvalue weighted by Gasteiger charge is -2.36. The molecule has 24 heavy (non-hydrogen) atoms. The highest BCUT2D eigenvalue weighted by Gasteiger charge is 2.19. The van der Waals surface area contributed by atoms with E-state index in [0.29, 0.717) is 6.04 Å². The molecule has 2 heterocycles. The van der Waals surface area contributed by atoms with E-state index >= 15 is 0 Å². The average molecular weight is 326 g/mol. The number of aromatic nitrogens is 1. The third-order valence-electron chi connectivity index (χ3n) is 5.02. The standard InChI is InChI=1S/C20H30N4/c1-4-7-17-14-20(18-8-5-6-9-19(18)22-17)21-15-16(2)24-12-10-23(3)11-13-24/h5-6,8-9,14,16H,4,7,10-13,15H2,1-3H3,(H,21,22). The fraction of sp³-hybridized carbons (Fsp3) is 0.550. The summed E-state index contributed by atoms with van der Waals surface area (Å²) in [7, 11) is 2.21. The van der Waals surface area contributed by atoms with Gasteiger partial charge in [-0.1, -0.05) is 31.5 Å². The third-order valence-corrected chi connectivity index (χ3v) is 5.02. The van der Waals surface area contributed by atoms with Crippen molar-refractivity contribution in [2.75, 3.05) is 45.1 Å². The van der Waals surface area contributed by atoms with Crippen LogP contribution in [0.25, 0.3) is 10.9 Å². The lowest BCUT2D eigenvalue weighted by atomic mass is 10.1. The Morgan fingerprint density at radius 1 is 1.17 bits per heavy atom. The molecule has 1 atom stereocenters. The largest absolute Gasteiger partial charge is 0.383 e. The second-order valence-corrected chi connectivity index (χ2v) is 7.00. The first-order valence-corrected chi connectivity index (χ1v) is 9.22. The summed E-state index contributed by atoms with van der Waals surface area (Å²) < 4.78 is 0. The van der Waals surface area contributed by atoms with Crippen LogP contribution in [0.3, 0.4) is 0 Å². The fourth-order valence-corrected chi connectivity index (χ4v) is 3.41. The Bertz CT molecular complexity index is 662. The van der Waals surface area contributed by atoms with Crippen LogP contribution >= 0.6 is 0 Å². The molecule has 1 aliphatic rings. The SMILES string of the molecule is CCCc1cc(NCC(C)N2CCN(C)CC2)c2ccccc2n1. The summed E-state index contributed by atoms with van der Waals surface area (Å²) in [6, 6.07) is 11.2. The molecule has 1 aliphatic heterocycles. The van der Waals surface area contributed by atoms with E-state index in [4.69, 9.17) is 4.98 Å². The molecule has 3 rings (SSSR count). The van der Waals surface area contributed by atoms with Gasteiger partial charge < -0.3 is 10.2 Å². The number of nitrogens with zero attached hydrogens (tertiary/aromatic N) is 3. The summed E-state index contributed by atoms with van der Waals surface area (Å²) >= 11 is 0. The van der Waals surface area contributed by atoms with Gasteiger partial charge in [-0.25, -0.2) is 0 Å². The summed E-state index contributed by atoms with van der Waals surface area (Å²) in [5.41, 5.74) is 3.51. The molecule has 130 valence electrons. The maximum Gasteiger partial charge on any atom is 0.0726 e. The minimum atomic E-state index is 0.542. The maximum atomic E-state index is 4.79. The summed E-state index contributed by atoms with van der Waals surface area (Å²) in [5, 5.41) is 4.92. The first-order valence-electron chi connectivity index (χ1n) is 9.22. The van der Waals surface area contributed by atoms with Crippen molar-refractivity contribution in [1.82, 2.24) is 14.8 Å². The van der Waals surface area contributed by atoms with Crippen molar-refractivity contribution in [2.24, 2.45) is 0 Å². The van der Waals surface area contributed by atoms with E-state index in [2.05, 4.69) is 66.3 Å². The number of pyridine rings is 1. The molecular weight excluding hydrogens is 296 g/mol. The van der Waals surface area contributed by atoms with Crippen LogP contribution in [0.2, 0.25) is 0 Å². The number of piperazine rings is 1. The topological polar surface area (TPSA) is 31.4 Å². The third kappa shape index (κ3) is 4.05. The second kappa shape index (κ2) is 7.95. The molecule has 2 aromatic rings. The zero-order valence-corrected chi connectivity index (χ0v) is 15.3. The minimum absolute atomic E-state index is 0.542. The van der Waals surface area contributed by atoms with Gasteiger partial charge in [0.05, 0.1) is 5.52 Å². The molecule has 0 saturated carbocycles. The molecule has 0 bridgehead atoms. The Morgan fingerprint density at radius 3 is 2.67 bits per heavy atom. The van der Waals surface area contributed by atoms with Crippen molar-refractivity contribution >= 4 is 16.6 Å². The van der Waals surface area contributed by atoms with Gasteiger partial charge in [-0.3, -0.25) is 9.88 Å². The van der Waals surface area contributed by atoms with Crippen LogP contribution in [0, 0.1) is 0 Å². The van der Waals surface area contributed by atoms with Gasteiger partial charge >= 0.3 is 0 Å². The zero-order chi connectivity index (χ0) is 16.9. The number of likely N-dealkylation sites (N-methyl/N-ethyl adjacent to an activating group) is 1. The van der Waals surface area contributed by atoms with E-state index in [9.17, 15) is 0 Å². The van der Waals surface area contributed by atoms with Gasteiger partial charge in [0.1, 0.15) is 0 Å². The van der Waals surface area contributed by atoms with Crippen molar-refractivity contribution < 1.29 is 0 Å². The normalized spacial score (nSPS) is 18.0. The Morgan fingerprint density at radius 2 is 1.92 bits per heavy atom. The summed E-state index contributed by atoms with van der Waals surface area (Å²) in [6.07, 6.45) is 2.16. The highest BCUT2D eigenvalue weighted by atomic mass is 15.3. The molecule has 1 saturated heterocycles. The Balaban J connectivity index is 1.71. The number of rotatable bonds is 6. The van der Waals surface area contributed by atoms with Crippen LogP contribution in [0.5, 0.6) is 0 Å². The zero-order valence-electron chi connectivity index (χ0n) is 15.3. The van der Waals surface area contributed by atoms with Gasteiger partial charge in [0.25, 0.3) is 0 Å². The number of hydrogen-bond donors (Lipinski definition) is 1. The minimum Gasteiger partial charge on any atom is -0.383 e. The molecule has 1 unspecified atom stereocenters. The predicted molar refractivity (Wildman–Crippen MR) is 103 cm³/mol. The summed E-state index contributed by atoms with van der Waals surface area (Å²) in [4.78, 5) is 9.79. The average Bonchev–Trinajstić information content (AvgIpc) is 2.60. The smallest absolute Gasteiger partial charge is 0.0726 e. The Kier molecular flexibility index (Phi) is 5.69. The van der Waals surface area contributed by atoms with Crippen molar-refractivity contribution in [1.29, 1.82) is 0 Å². The molecule has 1 aromatic carbocycles. The predicted octanol–water partition coefficient (Wildman–Crippen LogP) is 3.24. The van der Waals surface area contributed by atoms with Crippen molar-refractivity contribution in [2.45, 2.75) is 32.7 Å². The molecule has 4 heteroatoms. The van der Waals surface area contributed by atoms with E-state index in [-0.39, 0.29) is 0 Å². The van der Waals surface area contributed by atoms with Crippen LogP contribution in [0.4, 0.5) is 5.69 Å². The van der Waals surface area contributed by atoms with Gasteiger partial charge in [-0.05, 0) is 32.5 Å². The van der Waals surface area contributed by atoms with E-state index in [1.54, 1.807) is 0 Å². The molecule has 4 nitrogen and oxygen atoms in total. The first-order chi connectivity index (χ1) is 11.7. The van der Waals surface area contributed by atoms with E-state index in [0.717, 1.165) is 38.0 Å². The van der Waals surface area contributed by atoms with Gasteiger partial charge in [0.15, 0.2) is 0 Å². The van der Waals surface area contributed by atoms with Gasteiger partial charge in [-0.15, -0.1) is 0 Å². The number of fused-ring (bicyclic) bond motifs is 1. The second-order valence-electron chi connectivity index (χ2n) is 7.00. The Labute approximate surface area is 145 Å². The first kappa shape index (κ1) is 17.2. The molecule has 1 fully saturated rings. The van der Waals surface area contributed by atoms with Crippen LogP contribution in [-0.4, -0.2) is 60.6 Å². The molecule has 0 radical (unpaired) electrons. The molecular formula is C20H30N4. The van der Waals surface area contributed by atoms with E-state index in [1.165, 1.54) is 29.9 Å². The van der Waals surface area contributed by atoms with Crippen LogP contribution in [0.15, 0.2) is 30.3 Å². The van der Waals surface area contributed by atoms with E-state index in [1.807, 2.05) is 0 Å². The van der Waals surface area contributed by atoms with Crippen LogP contribution in [0.1, 0.15) is 26.0 Å². The van der Waals surface area contributed by atoms with Crippen molar-refractivity contribution in [3.63, 3.8) is 0 Å². The highest BCUT2D eigenvalue weighted by molar-refractivity contribution is 5.91. The van der Waals surface area contributed by atoms with Crippen LogP contribution < -0.4 is 5.32 Å². The number of benzene rings is 1. The Hall–Kier alpha value is -1.65. The molecule has 1 N–H and O–H groups in total. The lowest BCUT2D eigenvalue weighted by Crippen LogP contribution is -2.49. The number of aryl methyl sites for hydroxylation is 1. The van der Waals surface area contributed by atoms with Gasteiger partial charge in [0.2, 0.25) is 0 Å². The maximum absolute atomic E-state index is 4.79. The quantitative estimate of drug-likeness (QED) is 0.883. The van der Waals surface area contributed by atoms with E-state index < -0.39 is 0 Å². The van der Waals surface area contributed by atoms with Crippen molar-refractivity contribution in [3.8, 4) is 0 Å². The van der Waals surface area contributed by atoms with Crippen LogP contribution in [-0.2, 0) is 6.42 Å². The van der Waals surface area contributed by atoms with Gasteiger partial charge in [0, 0.05) is 55.5 Å². The number of hydrogen-bond acceptors (Lipinski definition) is 4. The van der Waals surface area contributed by atoms with Gasteiger partial charge in [-0.2, -0.15) is 0 Å². The monoisotopic (exact) mass is 326 g/mol. The summed E-state index contributed by atoms with van der Waals surface area (Å²) in [6.45, 7) is 10.2. The molecule has 0 aliphatic carbocycles. The fourth-order valence-electron chi connectivity index (χ4n) is 3.41. The van der Waals surface area contributed by atoms with Crippen molar-refractivity contribution in [3.05, 3.63) is 36.0 Å². The number of nitrogens with one attached hydrogen (secondary N) is 1. The highest BCUT2D eigenvalue weighted by Crippen LogP contribution is 2.24. The molecule has 1 aromatic heterocycles. The number of para-hydroxylation sites is 1. The molecule has 0 amide bonds. The molecule has 0 spiro atoms.